The molecule has 0 radical (unpaired) electrons. The van der Waals surface area contributed by atoms with Crippen molar-refractivity contribution >= 4 is 58.2 Å². The van der Waals surface area contributed by atoms with E-state index < -0.39 is 46.8 Å². The lowest BCUT2D eigenvalue weighted by molar-refractivity contribution is -0.127. The molecule has 0 spiro atoms. The van der Waals surface area contributed by atoms with E-state index in [1.165, 1.54) is 23.0 Å². The molecule has 1 N–H and O–H groups in total. The van der Waals surface area contributed by atoms with E-state index in [1.54, 1.807) is 54.6 Å². The molecule has 2 heterocycles. The van der Waals surface area contributed by atoms with Crippen molar-refractivity contribution in [1.29, 1.82) is 0 Å². The number of halogens is 2. The van der Waals surface area contributed by atoms with Gasteiger partial charge >= 0.3 is 0 Å². The minimum Gasteiger partial charge on any atom is -0.508 e. The van der Waals surface area contributed by atoms with E-state index in [9.17, 15) is 19.5 Å². The third-order valence-electron chi connectivity index (χ3n) is 11.1. The van der Waals surface area contributed by atoms with Gasteiger partial charge in [0.15, 0.2) is 0 Å². The van der Waals surface area contributed by atoms with Crippen LogP contribution in [-0.2, 0) is 24.6 Å². The van der Waals surface area contributed by atoms with Crippen LogP contribution in [0.3, 0.4) is 0 Å². The number of phenols is 1. The van der Waals surface area contributed by atoms with E-state index in [2.05, 4.69) is 0 Å². The number of allylic oxidation sites excluding steroid dienone is 2. The molecule has 0 aromatic heterocycles. The Hall–Kier alpha value is -4.92. The van der Waals surface area contributed by atoms with Gasteiger partial charge in [0.2, 0.25) is 23.6 Å². The number of aromatic hydroxyl groups is 1. The van der Waals surface area contributed by atoms with Crippen molar-refractivity contribution in [3.05, 3.63) is 129 Å². The highest BCUT2D eigenvalue weighted by atomic mass is 35.5. The molecule has 0 unspecified atom stereocenters. The van der Waals surface area contributed by atoms with Crippen LogP contribution < -0.4 is 14.5 Å². The molecule has 8 rings (SSSR count). The number of carbonyl (C=O) groups excluding carboxylic acids is 4. The lowest BCUT2D eigenvalue weighted by atomic mass is 9.49. The third-order valence-corrected chi connectivity index (χ3v) is 11.8. The Labute approximate surface area is 298 Å². The van der Waals surface area contributed by atoms with Crippen LogP contribution in [-0.4, -0.2) is 35.8 Å². The number of phenolic OH excluding ortho intramolecular Hbond substituents is 1. The summed E-state index contributed by atoms with van der Waals surface area (Å²) in [6.07, 6.45) is 2.34. The van der Waals surface area contributed by atoms with Gasteiger partial charge in [-0.1, -0.05) is 83.4 Å². The second-order valence-corrected chi connectivity index (χ2v) is 14.3. The van der Waals surface area contributed by atoms with Crippen LogP contribution in [0.4, 0.5) is 11.4 Å². The van der Waals surface area contributed by atoms with Crippen LogP contribution in [0.25, 0.3) is 0 Å². The highest BCUT2D eigenvalue weighted by Crippen LogP contribution is 2.65. The smallest absolute Gasteiger partial charge is 0.246 e. The second-order valence-electron chi connectivity index (χ2n) is 13.5. The fraction of sp³-hybridized carbons (Fsp3) is 0.250. The van der Waals surface area contributed by atoms with Crippen LogP contribution >= 0.6 is 23.2 Å². The summed E-state index contributed by atoms with van der Waals surface area (Å²) in [7, 11) is 1.49. The Morgan fingerprint density at radius 1 is 0.800 bits per heavy atom. The lowest BCUT2D eigenvalue weighted by Crippen LogP contribution is -2.53. The van der Waals surface area contributed by atoms with Crippen molar-refractivity contribution in [1.82, 2.24) is 0 Å². The maximum atomic E-state index is 15.3. The molecule has 4 aromatic carbocycles. The van der Waals surface area contributed by atoms with Crippen LogP contribution in [0, 0.1) is 30.6 Å². The fourth-order valence-corrected chi connectivity index (χ4v) is 9.32. The van der Waals surface area contributed by atoms with Gasteiger partial charge in [-0.05, 0) is 73.2 Å². The van der Waals surface area contributed by atoms with Gasteiger partial charge in [-0.15, -0.1) is 0 Å². The second kappa shape index (κ2) is 11.9. The van der Waals surface area contributed by atoms with E-state index in [-0.39, 0.29) is 30.4 Å². The minimum absolute atomic E-state index is 0.113. The molecule has 0 bridgehead atoms. The number of ether oxygens (including phenoxy) is 1. The Balaban J connectivity index is 1.35. The van der Waals surface area contributed by atoms with E-state index >= 15 is 4.79 Å². The summed E-state index contributed by atoms with van der Waals surface area (Å²) in [5.41, 5.74) is 1.81. The van der Waals surface area contributed by atoms with E-state index in [0.717, 1.165) is 11.1 Å². The number of benzene rings is 4. The third kappa shape index (κ3) is 4.51. The molecule has 3 fully saturated rings. The zero-order valence-electron chi connectivity index (χ0n) is 27.2. The summed E-state index contributed by atoms with van der Waals surface area (Å²) < 4.78 is 5.40. The Bertz CT molecular complexity index is 2150. The molecule has 4 aromatic rings. The maximum Gasteiger partial charge on any atom is 0.246 e. The molecule has 8 nitrogen and oxygen atoms in total. The zero-order valence-corrected chi connectivity index (χ0v) is 28.7. The summed E-state index contributed by atoms with van der Waals surface area (Å²) in [5.74, 6) is -5.13. The molecule has 50 heavy (non-hydrogen) atoms. The van der Waals surface area contributed by atoms with Gasteiger partial charge < -0.3 is 9.84 Å². The number of hydrogen-bond acceptors (Lipinski definition) is 6. The van der Waals surface area contributed by atoms with Crippen molar-refractivity contribution in [2.45, 2.75) is 31.1 Å². The molecule has 2 saturated heterocycles. The summed E-state index contributed by atoms with van der Waals surface area (Å²) in [5, 5.41) is 12.5. The van der Waals surface area contributed by atoms with Crippen LogP contribution in [0.15, 0.2) is 103 Å². The number of methoxy groups -OCH3 is 1. The first-order chi connectivity index (χ1) is 24.1. The van der Waals surface area contributed by atoms with Gasteiger partial charge in [-0.2, -0.15) is 0 Å². The van der Waals surface area contributed by atoms with Crippen molar-refractivity contribution < 1.29 is 29.0 Å². The monoisotopic (exact) mass is 706 g/mol. The Kier molecular flexibility index (Phi) is 7.66. The summed E-state index contributed by atoms with van der Waals surface area (Å²) in [6.45, 7) is 1.85. The molecule has 10 heteroatoms. The van der Waals surface area contributed by atoms with Gasteiger partial charge in [0.1, 0.15) is 11.5 Å². The maximum absolute atomic E-state index is 15.3. The number of rotatable bonds is 5. The largest absolute Gasteiger partial charge is 0.508 e. The van der Waals surface area contributed by atoms with Gasteiger partial charge in [-0.25, -0.2) is 9.80 Å². The Morgan fingerprint density at radius 3 is 2.26 bits per heavy atom. The lowest BCUT2D eigenvalue weighted by Gasteiger charge is -2.50. The quantitative estimate of drug-likeness (QED) is 0.172. The predicted molar refractivity (Wildman–Crippen MR) is 189 cm³/mol. The van der Waals surface area contributed by atoms with E-state index in [1.807, 2.05) is 43.3 Å². The van der Waals surface area contributed by atoms with Crippen LogP contribution in [0.5, 0.6) is 11.5 Å². The topological polar surface area (TPSA) is 104 Å². The van der Waals surface area contributed by atoms with Gasteiger partial charge in [0, 0.05) is 27.6 Å². The number of aryl methyl sites for hydroxylation is 1. The summed E-state index contributed by atoms with van der Waals surface area (Å²) in [4.78, 5) is 61.1. The highest BCUT2D eigenvalue weighted by Gasteiger charge is 2.70. The predicted octanol–water partition coefficient (Wildman–Crippen LogP) is 7.38. The van der Waals surface area contributed by atoms with E-state index in [0.29, 0.717) is 38.3 Å². The first kappa shape index (κ1) is 32.3. The fourth-order valence-electron chi connectivity index (χ4n) is 8.96. The van der Waals surface area contributed by atoms with Gasteiger partial charge in [-0.3, -0.25) is 19.2 Å². The van der Waals surface area contributed by atoms with Crippen LogP contribution in [0.2, 0.25) is 10.0 Å². The van der Waals surface area contributed by atoms with Gasteiger partial charge in [0.05, 0.1) is 41.7 Å². The highest BCUT2D eigenvalue weighted by molar-refractivity contribution is 6.33. The van der Waals surface area contributed by atoms with E-state index in [4.69, 9.17) is 27.9 Å². The van der Waals surface area contributed by atoms with Crippen molar-refractivity contribution in [2.24, 2.45) is 23.7 Å². The standard InChI is InChI=1S/C40H32Cl2N2O6/c1-21-11-12-25(18-32(21)42)43-36(46)29-16-15-27-30(34(29)38(43)48)20-31-37(47)44(24-10-6-9-23(41)17-24)39(49)40(31,22-7-4-3-5-8-22)35(27)28-14-13-26(50-2)19-33(28)45/h3-15,17-19,29-31,34-35,45H,16,20H2,1-2H3/t29-,30+,31-,34-,35+,40+/m0/s1. The van der Waals surface area contributed by atoms with Crippen molar-refractivity contribution in [3.63, 3.8) is 0 Å². The summed E-state index contributed by atoms with van der Waals surface area (Å²) in [6, 6.07) is 25.8. The SMILES string of the molecule is COc1ccc([C@H]2C3=CC[C@@H]4C(=O)N(c5ccc(C)c(Cl)c5)C(=O)[C@@H]4[C@@H]3C[C@H]3C(=O)N(c4cccc(Cl)c4)C(=O)[C@@]23c2ccccc2)c(O)c1. The molecular weight excluding hydrogens is 675 g/mol. The Morgan fingerprint density at radius 2 is 1.56 bits per heavy atom. The van der Waals surface area contributed by atoms with Gasteiger partial charge in [0.25, 0.3) is 0 Å². The normalized spacial score (nSPS) is 27.2. The number of hydrogen-bond donors (Lipinski definition) is 1. The number of nitrogens with zero attached hydrogens (tertiary/aromatic N) is 2. The number of fused-ring (bicyclic) bond motifs is 4. The minimum atomic E-state index is -1.50. The molecule has 1 saturated carbocycles. The van der Waals surface area contributed by atoms with Crippen molar-refractivity contribution in [3.8, 4) is 11.5 Å². The average molecular weight is 708 g/mol. The summed E-state index contributed by atoms with van der Waals surface area (Å²) >= 11 is 12.8. The first-order valence-corrected chi connectivity index (χ1v) is 17.2. The molecule has 4 amide bonds. The average Bonchev–Trinajstić information content (AvgIpc) is 3.50. The zero-order chi connectivity index (χ0) is 35.1. The first-order valence-electron chi connectivity index (χ1n) is 16.5. The number of anilines is 2. The molecule has 2 aliphatic carbocycles. The molecule has 4 aliphatic rings. The molecule has 6 atom stereocenters. The number of amides is 4. The van der Waals surface area contributed by atoms with Crippen molar-refractivity contribution in [2.75, 3.05) is 16.9 Å². The molecule has 252 valence electrons. The number of carbonyl (C=O) groups is 4. The molecular formula is C40H32Cl2N2O6. The number of imide groups is 2. The molecule has 2 aliphatic heterocycles. The van der Waals surface area contributed by atoms with Crippen LogP contribution in [0.1, 0.15) is 35.4 Å².